The number of rotatable bonds is 4. The smallest absolute Gasteiger partial charge is 0.259 e. The van der Waals surface area contributed by atoms with E-state index in [-0.39, 0.29) is 42.6 Å². The number of pyridine rings is 1. The van der Waals surface area contributed by atoms with Crippen LogP contribution < -0.4 is 10.5 Å². The molecule has 28 heavy (non-hydrogen) atoms. The van der Waals surface area contributed by atoms with Gasteiger partial charge in [0, 0.05) is 30.4 Å². The van der Waals surface area contributed by atoms with E-state index in [1.807, 2.05) is 11.8 Å². The van der Waals surface area contributed by atoms with E-state index in [0.29, 0.717) is 40.4 Å². The van der Waals surface area contributed by atoms with E-state index in [9.17, 15) is 4.79 Å². The summed E-state index contributed by atoms with van der Waals surface area (Å²) in [5.74, 6) is 0.994. The van der Waals surface area contributed by atoms with Gasteiger partial charge in [0.25, 0.3) is 5.91 Å². The Bertz CT molecular complexity index is 796. The molecule has 0 radical (unpaired) electrons. The summed E-state index contributed by atoms with van der Waals surface area (Å²) in [6.07, 6.45) is 3.39. The lowest BCUT2D eigenvalue weighted by Crippen LogP contribution is -2.42. The van der Waals surface area contributed by atoms with Crippen LogP contribution in [0.25, 0.3) is 0 Å². The van der Waals surface area contributed by atoms with Gasteiger partial charge < -0.3 is 15.4 Å². The van der Waals surface area contributed by atoms with Crippen LogP contribution in [0, 0.1) is 5.92 Å². The summed E-state index contributed by atoms with van der Waals surface area (Å²) >= 11 is 12.1. The maximum atomic E-state index is 12.9. The van der Waals surface area contributed by atoms with Gasteiger partial charge >= 0.3 is 0 Å². The second-order valence-electron chi connectivity index (χ2n) is 6.52. The fourth-order valence-electron chi connectivity index (χ4n) is 3.10. The van der Waals surface area contributed by atoms with Crippen LogP contribution in [0.15, 0.2) is 36.5 Å². The molecular weight excluding hydrogens is 444 g/mol. The molecule has 1 aliphatic heterocycles. The molecule has 0 aliphatic carbocycles. The van der Waals surface area contributed by atoms with E-state index in [4.69, 9.17) is 33.7 Å². The molecule has 1 aliphatic rings. The second-order valence-corrected chi connectivity index (χ2v) is 7.37. The summed E-state index contributed by atoms with van der Waals surface area (Å²) in [5.41, 5.74) is 6.39. The molecule has 1 aromatic heterocycles. The van der Waals surface area contributed by atoms with E-state index in [2.05, 4.69) is 4.98 Å². The van der Waals surface area contributed by atoms with Gasteiger partial charge in [0.2, 0.25) is 5.88 Å². The molecule has 1 fully saturated rings. The first-order valence-corrected chi connectivity index (χ1v) is 9.34. The zero-order valence-electron chi connectivity index (χ0n) is 15.3. The lowest BCUT2D eigenvalue weighted by molar-refractivity contribution is 0.0677. The van der Waals surface area contributed by atoms with Gasteiger partial charge in [-0.25, -0.2) is 4.98 Å². The quantitative estimate of drug-likeness (QED) is 0.670. The summed E-state index contributed by atoms with van der Waals surface area (Å²) in [7, 11) is 0. The molecule has 5 nitrogen and oxygen atoms in total. The normalized spacial score (nSPS) is 15.2. The zero-order valence-corrected chi connectivity index (χ0v) is 18.5. The van der Waals surface area contributed by atoms with Crippen molar-refractivity contribution in [3.8, 4) is 11.6 Å². The highest BCUT2D eigenvalue weighted by molar-refractivity contribution is 6.35. The Kier molecular flexibility index (Phi) is 9.81. The lowest BCUT2D eigenvalue weighted by Gasteiger charge is -2.33. The molecule has 1 unspecified atom stereocenters. The Hall–Kier alpha value is -1.24. The molecule has 3 rings (SSSR count). The van der Waals surface area contributed by atoms with Gasteiger partial charge in [0.1, 0.15) is 11.3 Å². The Morgan fingerprint density at radius 2 is 1.93 bits per heavy atom. The summed E-state index contributed by atoms with van der Waals surface area (Å²) in [6, 6.07) is 8.50. The second kappa shape index (κ2) is 11.1. The molecule has 1 aromatic carbocycles. The molecule has 0 bridgehead atoms. The number of benzene rings is 1. The summed E-state index contributed by atoms with van der Waals surface area (Å²) in [6.45, 7) is 3.38. The average molecular weight is 467 g/mol. The van der Waals surface area contributed by atoms with Crippen LogP contribution in [-0.2, 0) is 0 Å². The minimum Gasteiger partial charge on any atom is -0.437 e. The van der Waals surface area contributed by atoms with Crippen molar-refractivity contribution in [2.75, 3.05) is 13.1 Å². The molecule has 9 heteroatoms. The van der Waals surface area contributed by atoms with Crippen molar-refractivity contribution in [3.63, 3.8) is 0 Å². The van der Waals surface area contributed by atoms with Crippen molar-refractivity contribution in [2.45, 2.75) is 25.8 Å². The van der Waals surface area contributed by atoms with Crippen LogP contribution >= 0.6 is 48.0 Å². The van der Waals surface area contributed by atoms with Crippen molar-refractivity contribution in [1.82, 2.24) is 9.88 Å². The molecule has 0 saturated carbocycles. The molecule has 2 aromatic rings. The molecule has 0 spiro atoms. The predicted molar refractivity (Wildman–Crippen MR) is 118 cm³/mol. The van der Waals surface area contributed by atoms with Crippen LogP contribution in [0.3, 0.4) is 0 Å². The third kappa shape index (κ3) is 5.88. The number of carbonyl (C=O) groups excluding carboxylic acids is 1. The molecule has 1 saturated heterocycles. The number of hydrogen-bond acceptors (Lipinski definition) is 4. The van der Waals surface area contributed by atoms with Crippen molar-refractivity contribution >= 4 is 53.9 Å². The number of hydrogen-bond donors (Lipinski definition) is 1. The van der Waals surface area contributed by atoms with Gasteiger partial charge in [-0.05, 0) is 56.0 Å². The van der Waals surface area contributed by atoms with Gasteiger partial charge in [-0.15, -0.1) is 24.8 Å². The number of likely N-dealkylation sites (tertiary alicyclic amines) is 1. The van der Waals surface area contributed by atoms with Crippen molar-refractivity contribution in [3.05, 3.63) is 52.1 Å². The Balaban J connectivity index is 0.00000196. The van der Waals surface area contributed by atoms with Crippen molar-refractivity contribution in [1.29, 1.82) is 0 Å². The molecule has 2 N–H and O–H groups in total. The Morgan fingerprint density at radius 3 is 2.54 bits per heavy atom. The molecule has 2 heterocycles. The largest absolute Gasteiger partial charge is 0.437 e. The fourth-order valence-corrected chi connectivity index (χ4v) is 3.54. The van der Waals surface area contributed by atoms with Gasteiger partial charge in [-0.2, -0.15) is 0 Å². The molecular formula is C19H23Cl4N3O2. The third-order valence-electron chi connectivity index (χ3n) is 4.67. The number of nitrogens with two attached hydrogens (primary N) is 1. The topological polar surface area (TPSA) is 68.5 Å². The fraction of sp³-hybridized carbons (Fsp3) is 0.368. The summed E-state index contributed by atoms with van der Waals surface area (Å²) < 4.78 is 5.80. The minimum atomic E-state index is -0.0960. The predicted octanol–water partition coefficient (Wildman–Crippen LogP) is 5.22. The number of carbonyl (C=O) groups is 1. The monoisotopic (exact) mass is 465 g/mol. The van der Waals surface area contributed by atoms with Crippen LogP contribution in [0.5, 0.6) is 11.6 Å². The van der Waals surface area contributed by atoms with Gasteiger partial charge in [0.05, 0.1) is 5.02 Å². The lowest BCUT2D eigenvalue weighted by atomic mass is 9.91. The maximum absolute atomic E-state index is 12.9. The van der Waals surface area contributed by atoms with Crippen LogP contribution in [0.1, 0.15) is 30.1 Å². The zero-order chi connectivity index (χ0) is 18.7. The Labute approximate surface area is 187 Å². The summed E-state index contributed by atoms with van der Waals surface area (Å²) in [5, 5.41) is 0.871. The standard InChI is InChI=1S/C19H21Cl2N3O2.2ClH/c1-12(22)13-6-9-24(10-7-13)19(25)15-3-2-8-23-18(15)26-17-5-4-14(20)11-16(17)21;;/h2-5,8,11-13H,6-7,9-10,22H2,1H3;2*1H. The van der Waals surface area contributed by atoms with Crippen molar-refractivity contribution < 1.29 is 9.53 Å². The first kappa shape index (κ1) is 24.8. The van der Waals surface area contributed by atoms with Crippen LogP contribution in [-0.4, -0.2) is 34.9 Å². The highest BCUT2D eigenvalue weighted by Gasteiger charge is 2.27. The van der Waals surface area contributed by atoms with Crippen LogP contribution in [0.2, 0.25) is 10.0 Å². The van der Waals surface area contributed by atoms with Gasteiger partial charge in [-0.1, -0.05) is 23.2 Å². The molecule has 154 valence electrons. The maximum Gasteiger partial charge on any atom is 0.259 e. The number of amides is 1. The summed E-state index contributed by atoms with van der Waals surface area (Å²) in [4.78, 5) is 19.0. The number of piperidine rings is 1. The SMILES string of the molecule is CC(N)C1CCN(C(=O)c2cccnc2Oc2ccc(Cl)cc2Cl)CC1.Cl.Cl. The third-order valence-corrected chi connectivity index (χ3v) is 5.20. The number of halogens is 4. The van der Waals surface area contributed by atoms with E-state index in [1.54, 1.807) is 36.5 Å². The van der Waals surface area contributed by atoms with E-state index in [1.165, 1.54) is 0 Å². The first-order valence-electron chi connectivity index (χ1n) is 8.58. The molecule has 1 atom stereocenters. The average Bonchev–Trinajstić information content (AvgIpc) is 2.64. The van der Waals surface area contributed by atoms with Crippen molar-refractivity contribution in [2.24, 2.45) is 11.7 Å². The van der Waals surface area contributed by atoms with Gasteiger partial charge in [-0.3, -0.25) is 4.79 Å². The first-order chi connectivity index (χ1) is 12.5. The van der Waals surface area contributed by atoms with E-state index < -0.39 is 0 Å². The van der Waals surface area contributed by atoms with E-state index >= 15 is 0 Å². The molecule has 1 amide bonds. The number of nitrogens with zero attached hydrogens (tertiary/aromatic N) is 2. The van der Waals surface area contributed by atoms with Gasteiger partial charge in [0.15, 0.2) is 0 Å². The Morgan fingerprint density at radius 1 is 1.25 bits per heavy atom. The minimum absolute atomic E-state index is 0. The highest BCUT2D eigenvalue weighted by Crippen LogP contribution is 2.32. The number of ether oxygens (including phenoxy) is 1. The van der Waals surface area contributed by atoms with E-state index in [0.717, 1.165) is 12.8 Å². The van der Waals surface area contributed by atoms with Crippen LogP contribution in [0.4, 0.5) is 0 Å². The number of aromatic nitrogens is 1. The highest BCUT2D eigenvalue weighted by atomic mass is 35.5.